The molecule has 0 spiro atoms. The van der Waals surface area contributed by atoms with Crippen LogP contribution in [-0.4, -0.2) is 19.2 Å². The molecule has 3 nitrogen and oxygen atoms in total. The van der Waals surface area contributed by atoms with E-state index in [-0.39, 0.29) is 15.8 Å². The number of sulfone groups is 1. The summed E-state index contributed by atoms with van der Waals surface area (Å²) in [5, 5.41) is 0.0842. The van der Waals surface area contributed by atoms with Gasteiger partial charge in [-0.05, 0) is 31.9 Å². The van der Waals surface area contributed by atoms with Crippen molar-refractivity contribution in [2.45, 2.75) is 32.1 Å². The summed E-state index contributed by atoms with van der Waals surface area (Å²) in [6.45, 7) is 5.35. The summed E-state index contributed by atoms with van der Waals surface area (Å²) < 4.78 is 23.7. The molecule has 0 N–H and O–H groups in total. The summed E-state index contributed by atoms with van der Waals surface area (Å²) in [4.78, 5) is 4.15. The van der Waals surface area contributed by atoms with E-state index in [4.69, 9.17) is 11.6 Å². The van der Waals surface area contributed by atoms with Crippen LogP contribution < -0.4 is 0 Å². The van der Waals surface area contributed by atoms with Crippen molar-refractivity contribution in [3.05, 3.63) is 22.5 Å². The lowest BCUT2D eigenvalue weighted by Crippen LogP contribution is -2.09. The minimum Gasteiger partial charge on any atom is -0.240 e. The van der Waals surface area contributed by atoms with Gasteiger partial charge in [-0.25, -0.2) is 13.4 Å². The van der Waals surface area contributed by atoms with Crippen molar-refractivity contribution in [2.75, 3.05) is 5.75 Å². The van der Waals surface area contributed by atoms with Crippen LogP contribution in [0.3, 0.4) is 0 Å². The molecule has 15 heavy (non-hydrogen) atoms. The highest BCUT2D eigenvalue weighted by molar-refractivity contribution is 7.91. The Kier molecular flexibility index (Phi) is 3.73. The van der Waals surface area contributed by atoms with Gasteiger partial charge in [-0.2, -0.15) is 0 Å². The summed E-state index contributed by atoms with van der Waals surface area (Å²) in [7, 11) is -3.28. The van der Waals surface area contributed by atoms with Gasteiger partial charge in [-0.1, -0.05) is 18.5 Å². The molecular formula is C10H14ClNO2S. The Morgan fingerprint density at radius 3 is 2.47 bits per heavy atom. The molecule has 84 valence electrons. The first kappa shape index (κ1) is 12.5. The Bertz CT molecular complexity index is 445. The maximum Gasteiger partial charge on any atom is 0.181 e. The molecule has 1 aromatic heterocycles. The monoisotopic (exact) mass is 247 g/mol. The first-order valence-electron chi connectivity index (χ1n) is 4.75. The van der Waals surface area contributed by atoms with Gasteiger partial charge in [0.05, 0.1) is 5.75 Å². The molecule has 1 rings (SSSR count). The van der Waals surface area contributed by atoms with Crippen LogP contribution in [0.5, 0.6) is 0 Å². The Balaban J connectivity index is 3.38. The van der Waals surface area contributed by atoms with Crippen molar-refractivity contribution < 1.29 is 8.42 Å². The molecule has 0 radical (unpaired) electrons. The fourth-order valence-corrected chi connectivity index (χ4v) is 3.75. The summed E-state index contributed by atoms with van der Waals surface area (Å²) >= 11 is 5.86. The fraction of sp³-hybridized carbons (Fsp3) is 0.500. The first-order valence-corrected chi connectivity index (χ1v) is 6.78. The second kappa shape index (κ2) is 4.49. The highest BCUT2D eigenvalue weighted by Crippen LogP contribution is 2.25. The number of rotatable bonds is 3. The number of nitrogens with zero attached hydrogens (tertiary/aromatic N) is 1. The molecule has 0 fully saturated rings. The molecule has 0 unspecified atom stereocenters. The van der Waals surface area contributed by atoms with Gasteiger partial charge >= 0.3 is 0 Å². The van der Waals surface area contributed by atoms with E-state index >= 15 is 0 Å². The van der Waals surface area contributed by atoms with Gasteiger partial charge in [0.15, 0.2) is 9.84 Å². The zero-order valence-electron chi connectivity index (χ0n) is 9.04. The first-order chi connectivity index (χ1) is 6.88. The molecule has 0 aromatic carbocycles. The lowest BCUT2D eigenvalue weighted by atomic mass is 10.2. The average molecular weight is 248 g/mol. The Hall–Kier alpha value is -0.610. The predicted octanol–water partition coefficient (Wildman–Crippen LogP) is 2.54. The van der Waals surface area contributed by atoms with Crippen LogP contribution in [0.15, 0.2) is 11.0 Å². The molecular weight excluding hydrogens is 234 g/mol. The van der Waals surface area contributed by atoms with Crippen LogP contribution in [0, 0.1) is 13.8 Å². The van der Waals surface area contributed by atoms with Crippen LogP contribution in [-0.2, 0) is 9.84 Å². The molecule has 0 saturated carbocycles. The Morgan fingerprint density at radius 2 is 2.00 bits per heavy atom. The molecule has 0 bridgehead atoms. The number of hydrogen-bond donors (Lipinski definition) is 0. The predicted molar refractivity (Wildman–Crippen MR) is 61.1 cm³/mol. The van der Waals surface area contributed by atoms with Crippen molar-refractivity contribution >= 4 is 21.4 Å². The van der Waals surface area contributed by atoms with Gasteiger partial charge in [0.1, 0.15) is 10.0 Å². The van der Waals surface area contributed by atoms with E-state index in [1.54, 1.807) is 19.9 Å². The van der Waals surface area contributed by atoms with E-state index in [9.17, 15) is 8.42 Å². The number of aromatic nitrogens is 1. The third kappa shape index (κ3) is 2.69. The topological polar surface area (TPSA) is 47.0 Å². The zero-order chi connectivity index (χ0) is 11.6. The molecule has 0 aliphatic rings. The van der Waals surface area contributed by atoms with Gasteiger partial charge in [0.2, 0.25) is 0 Å². The second-order valence-corrected chi connectivity index (χ2v) is 5.92. The molecule has 0 amide bonds. The molecule has 0 aliphatic carbocycles. The SMILES string of the molecule is CCCS(=O)(=O)c1c(C)cc(C)nc1Cl. The van der Waals surface area contributed by atoms with Crippen LogP contribution >= 0.6 is 11.6 Å². The summed E-state index contributed by atoms with van der Waals surface area (Å²) in [6, 6.07) is 1.73. The lowest BCUT2D eigenvalue weighted by Gasteiger charge is -2.08. The maximum absolute atomic E-state index is 11.9. The number of halogens is 1. The van der Waals surface area contributed by atoms with Crippen LogP contribution in [0.2, 0.25) is 5.15 Å². The van der Waals surface area contributed by atoms with Crippen molar-refractivity contribution in [3.8, 4) is 0 Å². The maximum atomic E-state index is 11.9. The fourth-order valence-electron chi connectivity index (χ4n) is 1.52. The summed E-state index contributed by atoms with van der Waals surface area (Å²) in [5.74, 6) is 0.109. The van der Waals surface area contributed by atoms with Crippen molar-refractivity contribution in [1.82, 2.24) is 4.98 Å². The normalized spacial score (nSPS) is 11.7. The van der Waals surface area contributed by atoms with Gasteiger partial charge < -0.3 is 0 Å². The summed E-state index contributed by atoms with van der Waals surface area (Å²) in [6.07, 6.45) is 0.575. The van der Waals surface area contributed by atoms with Crippen molar-refractivity contribution in [3.63, 3.8) is 0 Å². The second-order valence-electron chi connectivity index (χ2n) is 3.52. The van der Waals surface area contributed by atoms with E-state index in [1.165, 1.54) is 0 Å². The largest absolute Gasteiger partial charge is 0.240 e. The van der Waals surface area contributed by atoms with E-state index in [2.05, 4.69) is 4.98 Å². The highest BCUT2D eigenvalue weighted by Gasteiger charge is 2.20. The molecule has 0 aliphatic heterocycles. The van der Waals surface area contributed by atoms with Crippen LogP contribution in [0.25, 0.3) is 0 Å². The standard InChI is InChI=1S/C10H14ClNO2S/c1-4-5-15(13,14)9-7(2)6-8(3)12-10(9)11/h6H,4-5H2,1-3H3. The third-order valence-electron chi connectivity index (χ3n) is 2.03. The quantitative estimate of drug-likeness (QED) is 0.772. The van der Waals surface area contributed by atoms with Gasteiger partial charge in [-0.15, -0.1) is 0 Å². The van der Waals surface area contributed by atoms with Gasteiger partial charge in [0, 0.05) is 5.69 Å². The smallest absolute Gasteiger partial charge is 0.181 e. The van der Waals surface area contributed by atoms with E-state index < -0.39 is 9.84 Å². The average Bonchev–Trinajstić information content (AvgIpc) is 1.99. The molecule has 0 saturated heterocycles. The molecule has 1 heterocycles. The molecule has 5 heteroatoms. The minimum absolute atomic E-state index is 0.0842. The van der Waals surface area contributed by atoms with E-state index in [1.807, 2.05) is 6.92 Å². The minimum atomic E-state index is -3.28. The molecule has 0 atom stereocenters. The van der Waals surface area contributed by atoms with E-state index in [0.29, 0.717) is 12.0 Å². The van der Waals surface area contributed by atoms with Crippen LogP contribution in [0.4, 0.5) is 0 Å². The number of aryl methyl sites for hydroxylation is 2. The van der Waals surface area contributed by atoms with Crippen LogP contribution in [0.1, 0.15) is 24.6 Å². The molecule has 1 aromatic rings. The Morgan fingerprint density at radius 1 is 1.40 bits per heavy atom. The number of hydrogen-bond acceptors (Lipinski definition) is 3. The highest BCUT2D eigenvalue weighted by atomic mass is 35.5. The Labute approximate surface area is 95.4 Å². The van der Waals surface area contributed by atoms with Crippen molar-refractivity contribution in [1.29, 1.82) is 0 Å². The van der Waals surface area contributed by atoms with E-state index in [0.717, 1.165) is 5.69 Å². The van der Waals surface area contributed by atoms with Gasteiger partial charge in [-0.3, -0.25) is 0 Å². The van der Waals surface area contributed by atoms with Gasteiger partial charge in [0.25, 0.3) is 0 Å². The lowest BCUT2D eigenvalue weighted by molar-refractivity contribution is 0.593. The van der Waals surface area contributed by atoms with Crippen molar-refractivity contribution in [2.24, 2.45) is 0 Å². The summed E-state index contributed by atoms with van der Waals surface area (Å²) in [5.41, 5.74) is 1.40. The third-order valence-corrected chi connectivity index (χ3v) is 4.50. The zero-order valence-corrected chi connectivity index (χ0v) is 10.6. The number of pyridine rings is 1.